The zero-order valence-corrected chi connectivity index (χ0v) is 20.4. The van der Waals surface area contributed by atoms with E-state index in [1.54, 1.807) is 0 Å². The van der Waals surface area contributed by atoms with Crippen LogP contribution in [0.5, 0.6) is 0 Å². The van der Waals surface area contributed by atoms with Crippen LogP contribution in [0.2, 0.25) is 10.0 Å². The molecule has 4 rings (SSSR count). The van der Waals surface area contributed by atoms with E-state index in [0.29, 0.717) is 0 Å². The summed E-state index contributed by atoms with van der Waals surface area (Å²) in [5.41, 5.74) is -4.52. The van der Waals surface area contributed by atoms with Gasteiger partial charge in [-0.25, -0.2) is 0 Å². The highest BCUT2D eigenvalue weighted by atomic mass is 35.5. The van der Waals surface area contributed by atoms with Crippen molar-refractivity contribution in [2.45, 2.75) is 31.3 Å². The maximum atomic E-state index is 14.2. The van der Waals surface area contributed by atoms with E-state index in [4.69, 9.17) is 28.0 Å². The Balaban J connectivity index is 1.61. The molecule has 1 unspecified atom stereocenters. The average molecular weight is 565 g/mol. The quantitative estimate of drug-likeness (QED) is 0.351. The lowest BCUT2D eigenvalue weighted by Crippen LogP contribution is -2.42. The zero-order valence-electron chi connectivity index (χ0n) is 18.9. The third-order valence-corrected chi connectivity index (χ3v) is 6.10. The third-order valence-electron chi connectivity index (χ3n) is 5.66. The number of oxime groups is 1. The van der Waals surface area contributed by atoms with E-state index in [0.717, 1.165) is 23.0 Å². The van der Waals surface area contributed by atoms with Crippen molar-refractivity contribution in [3.05, 3.63) is 80.6 Å². The number of hydrogen-bond acceptors (Lipinski definition) is 4. The lowest BCUT2D eigenvalue weighted by Gasteiger charge is -2.29. The summed E-state index contributed by atoms with van der Waals surface area (Å²) in [6.45, 7) is 1.48. The predicted octanol–water partition coefficient (Wildman–Crippen LogP) is 6.89. The van der Waals surface area contributed by atoms with Gasteiger partial charge in [-0.3, -0.25) is 9.48 Å². The number of hydrogen-bond donors (Lipinski definition) is 1. The Morgan fingerprint density at radius 3 is 2.30 bits per heavy atom. The van der Waals surface area contributed by atoms with Crippen molar-refractivity contribution >= 4 is 40.5 Å². The second-order valence-corrected chi connectivity index (χ2v) is 9.21. The first kappa shape index (κ1) is 26.8. The molecule has 37 heavy (non-hydrogen) atoms. The number of amides is 1. The van der Waals surface area contributed by atoms with Gasteiger partial charge in [-0.15, -0.1) is 0 Å². The first-order valence-corrected chi connectivity index (χ1v) is 11.2. The SMILES string of the molecule is Cc1cc(C2=NOC(c3cc(Cl)cc(Cl)c3)(C(F)(F)F)C2)ccc1C(=O)Nc1cn(C)nc1C(F)(F)F. The Labute approximate surface area is 215 Å². The molecule has 0 bridgehead atoms. The van der Waals surface area contributed by atoms with E-state index in [1.807, 2.05) is 0 Å². The molecule has 14 heteroatoms. The van der Waals surface area contributed by atoms with E-state index >= 15 is 0 Å². The first-order chi connectivity index (χ1) is 17.1. The Kier molecular flexibility index (Phi) is 6.70. The van der Waals surface area contributed by atoms with Crippen LogP contribution in [0.3, 0.4) is 0 Å². The molecule has 1 aliphatic heterocycles. The van der Waals surface area contributed by atoms with Gasteiger partial charge in [0.25, 0.3) is 11.5 Å². The molecule has 3 aromatic rings. The standard InChI is InChI=1S/C23H16Cl2F6N4O2/c1-11-5-12(3-4-16(11)20(36)32-18-10-35(2)33-19(18)22(26,27)28)17-9-21(37-34-17,23(29,30)31)13-6-14(24)8-15(25)7-13/h3-8,10H,9H2,1-2H3,(H,32,36). The number of rotatable bonds is 4. The summed E-state index contributed by atoms with van der Waals surface area (Å²) in [4.78, 5) is 17.7. The summed E-state index contributed by atoms with van der Waals surface area (Å²) in [6.07, 6.45) is -9.38. The lowest BCUT2D eigenvalue weighted by molar-refractivity contribution is -0.275. The van der Waals surface area contributed by atoms with Crippen molar-refractivity contribution in [2.75, 3.05) is 5.32 Å². The molecule has 1 aliphatic rings. The number of aryl methyl sites for hydroxylation is 2. The van der Waals surface area contributed by atoms with E-state index in [9.17, 15) is 31.1 Å². The van der Waals surface area contributed by atoms with Crippen molar-refractivity contribution < 1.29 is 36.0 Å². The molecule has 2 heterocycles. The average Bonchev–Trinajstić information content (AvgIpc) is 3.37. The summed E-state index contributed by atoms with van der Waals surface area (Å²) in [5.74, 6) is -0.856. The van der Waals surface area contributed by atoms with Gasteiger partial charge in [0.1, 0.15) is 0 Å². The van der Waals surface area contributed by atoms with E-state index in [2.05, 4.69) is 15.6 Å². The summed E-state index contributed by atoms with van der Waals surface area (Å²) >= 11 is 11.8. The molecular formula is C23H16Cl2F6N4O2. The van der Waals surface area contributed by atoms with Gasteiger partial charge in [0.2, 0.25) is 0 Å². The number of carbonyl (C=O) groups is 1. The normalized spacial score (nSPS) is 17.9. The fourth-order valence-electron chi connectivity index (χ4n) is 3.92. The Morgan fingerprint density at radius 2 is 1.73 bits per heavy atom. The van der Waals surface area contributed by atoms with Gasteiger partial charge < -0.3 is 10.2 Å². The highest BCUT2D eigenvalue weighted by molar-refractivity contribution is 6.34. The molecule has 0 saturated carbocycles. The number of anilines is 1. The fraction of sp³-hybridized carbons (Fsp3) is 0.261. The smallest absolute Gasteiger partial charge is 0.374 e. The fourth-order valence-corrected chi connectivity index (χ4v) is 4.45. The summed E-state index contributed by atoms with van der Waals surface area (Å²) < 4.78 is 83.1. The molecule has 0 spiro atoms. The minimum atomic E-state index is -4.89. The van der Waals surface area contributed by atoms with Crippen LogP contribution in [-0.2, 0) is 23.7 Å². The third kappa shape index (κ3) is 5.12. The number of carbonyl (C=O) groups excluding carboxylic acids is 1. The van der Waals surface area contributed by atoms with Gasteiger partial charge in [-0.1, -0.05) is 34.4 Å². The van der Waals surface area contributed by atoms with Crippen LogP contribution in [0.25, 0.3) is 0 Å². The van der Waals surface area contributed by atoms with E-state index in [1.165, 1.54) is 38.2 Å². The molecule has 1 atom stereocenters. The van der Waals surface area contributed by atoms with E-state index < -0.39 is 41.7 Å². The molecular weight excluding hydrogens is 549 g/mol. The van der Waals surface area contributed by atoms with Gasteiger partial charge in [0.15, 0.2) is 5.69 Å². The molecule has 196 valence electrons. The monoisotopic (exact) mass is 564 g/mol. The largest absolute Gasteiger partial charge is 0.437 e. The molecule has 1 aromatic heterocycles. The molecule has 0 saturated heterocycles. The molecule has 0 radical (unpaired) electrons. The van der Waals surface area contributed by atoms with Crippen LogP contribution >= 0.6 is 23.2 Å². The van der Waals surface area contributed by atoms with Crippen LogP contribution in [0, 0.1) is 6.92 Å². The van der Waals surface area contributed by atoms with Crippen molar-refractivity contribution in [3.63, 3.8) is 0 Å². The number of alkyl halides is 6. The minimum Gasteiger partial charge on any atom is -0.374 e. The predicted molar refractivity (Wildman–Crippen MR) is 124 cm³/mol. The Morgan fingerprint density at radius 1 is 1.08 bits per heavy atom. The van der Waals surface area contributed by atoms with Crippen molar-refractivity contribution in [2.24, 2.45) is 12.2 Å². The summed E-state index contributed by atoms with van der Waals surface area (Å²) in [5, 5.41) is 9.13. The summed E-state index contributed by atoms with van der Waals surface area (Å²) in [7, 11) is 1.27. The highest BCUT2D eigenvalue weighted by Crippen LogP contribution is 2.49. The highest BCUT2D eigenvalue weighted by Gasteiger charge is 2.62. The number of aromatic nitrogens is 2. The van der Waals surface area contributed by atoms with Crippen molar-refractivity contribution in [1.82, 2.24) is 9.78 Å². The molecule has 6 nitrogen and oxygen atoms in total. The minimum absolute atomic E-state index is 0.00366. The summed E-state index contributed by atoms with van der Waals surface area (Å²) in [6, 6.07) is 7.45. The Hall–Kier alpha value is -3.25. The van der Waals surface area contributed by atoms with Crippen molar-refractivity contribution in [3.8, 4) is 0 Å². The second kappa shape index (κ2) is 9.25. The van der Waals surface area contributed by atoms with Crippen LogP contribution in [0.4, 0.5) is 32.0 Å². The van der Waals surface area contributed by atoms with Crippen LogP contribution in [0.1, 0.15) is 39.2 Å². The number of halogens is 8. The van der Waals surface area contributed by atoms with Crippen LogP contribution in [-0.4, -0.2) is 27.6 Å². The van der Waals surface area contributed by atoms with Gasteiger partial charge in [0.05, 0.1) is 11.4 Å². The lowest BCUT2D eigenvalue weighted by atomic mass is 9.86. The van der Waals surface area contributed by atoms with E-state index in [-0.39, 0.29) is 38.0 Å². The number of nitrogens with zero attached hydrogens (tertiary/aromatic N) is 3. The molecule has 0 fully saturated rings. The maximum absolute atomic E-state index is 14.2. The van der Waals surface area contributed by atoms with Gasteiger partial charge in [0, 0.05) is 40.8 Å². The topological polar surface area (TPSA) is 68.5 Å². The molecule has 2 aromatic carbocycles. The Bertz CT molecular complexity index is 1400. The zero-order chi connectivity index (χ0) is 27.3. The van der Waals surface area contributed by atoms with Crippen molar-refractivity contribution in [1.29, 1.82) is 0 Å². The van der Waals surface area contributed by atoms with Gasteiger partial charge in [-0.05, 0) is 48.4 Å². The first-order valence-electron chi connectivity index (χ1n) is 10.4. The molecule has 1 N–H and O–H groups in total. The van der Waals surface area contributed by atoms with Gasteiger partial charge >= 0.3 is 12.4 Å². The molecule has 1 amide bonds. The number of nitrogens with one attached hydrogen (secondary N) is 1. The van der Waals surface area contributed by atoms with Gasteiger partial charge in [-0.2, -0.15) is 31.4 Å². The maximum Gasteiger partial charge on any atom is 0.437 e. The van der Waals surface area contributed by atoms with Crippen LogP contribution < -0.4 is 5.32 Å². The molecule has 0 aliphatic carbocycles. The number of benzene rings is 2. The van der Waals surface area contributed by atoms with Crippen LogP contribution in [0.15, 0.2) is 47.8 Å². The second-order valence-electron chi connectivity index (χ2n) is 8.34.